The molecule has 1 heterocycles. The molecule has 1 aliphatic rings. The molecule has 0 unspecified atom stereocenters. The van der Waals surface area contributed by atoms with Crippen molar-refractivity contribution in [2.45, 2.75) is 11.3 Å². The first kappa shape index (κ1) is 15.9. The summed E-state index contributed by atoms with van der Waals surface area (Å²) in [6.45, 7) is 1.14. The Morgan fingerprint density at radius 2 is 2.05 bits per heavy atom. The highest BCUT2D eigenvalue weighted by Gasteiger charge is 2.28. The summed E-state index contributed by atoms with van der Waals surface area (Å²) in [5, 5.41) is 0. The molecule has 0 saturated carbocycles. The summed E-state index contributed by atoms with van der Waals surface area (Å²) >= 11 is 7.57. The molecule has 20 heavy (non-hydrogen) atoms. The fourth-order valence-corrected chi connectivity index (χ4v) is 5.17. The van der Waals surface area contributed by atoms with Crippen LogP contribution in [-0.2, 0) is 16.4 Å². The minimum Gasteiger partial charge on any atom is -0.497 e. The number of halogens is 1. The maximum atomic E-state index is 12.7. The fourth-order valence-electron chi connectivity index (χ4n) is 2.16. The number of methoxy groups -OCH3 is 1. The topological polar surface area (TPSA) is 46.6 Å². The van der Waals surface area contributed by atoms with Gasteiger partial charge in [-0.05, 0) is 30.2 Å². The van der Waals surface area contributed by atoms with Crippen LogP contribution in [0.1, 0.15) is 5.56 Å². The van der Waals surface area contributed by atoms with Gasteiger partial charge < -0.3 is 4.74 Å². The molecule has 0 N–H and O–H groups in total. The van der Waals surface area contributed by atoms with E-state index in [0.29, 0.717) is 36.0 Å². The summed E-state index contributed by atoms with van der Waals surface area (Å²) in [6.07, 6.45) is 0.510. The summed E-state index contributed by atoms with van der Waals surface area (Å²) in [4.78, 5) is 0.353. The second-order valence-electron chi connectivity index (χ2n) is 4.43. The predicted molar refractivity (Wildman–Crippen MR) is 83.5 cm³/mol. The van der Waals surface area contributed by atoms with Gasteiger partial charge in [0.25, 0.3) is 0 Å². The van der Waals surface area contributed by atoms with Crippen LogP contribution in [0.4, 0.5) is 0 Å². The Kier molecular flexibility index (Phi) is 5.60. The molecule has 0 bridgehead atoms. The lowest BCUT2D eigenvalue weighted by molar-refractivity contribution is 0.413. The smallest absolute Gasteiger partial charge is 0.243 e. The molecule has 112 valence electrons. The van der Waals surface area contributed by atoms with E-state index >= 15 is 0 Å². The lowest BCUT2D eigenvalue weighted by Gasteiger charge is -2.26. The van der Waals surface area contributed by atoms with Gasteiger partial charge in [-0.3, -0.25) is 0 Å². The average Bonchev–Trinajstić information content (AvgIpc) is 2.48. The zero-order valence-electron chi connectivity index (χ0n) is 11.3. The molecule has 0 aliphatic carbocycles. The molecule has 0 radical (unpaired) electrons. The van der Waals surface area contributed by atoms with Crippen molar-refractivity contribution in [1.82, 2.24) is 4.31 Å². The number of sulfonamides is 1. The minimum atomic E-state index is -3.43. The Labute approximate surface area is 129 Å². The summed E-state index contributed by atoms with van der Waals surface area (Å²) in [7, 11) is -1.87. The molecular formula is C13H18ClNO3S2. The first-order valence-corrected chi connectivity index (χ1v) is 9.53. The van der Waals surface area contributed by atoms with Crippen LogP contribution in [0.5, 0.6) is 5.75 Å². The third kappa shape index (κ3) is 3.42. The van der Waals surface area contributed by atoms with Crippen LogP contribution >= 0.6 is 23.4 Å². The van der Waals surface area contributed by atoms with Crippen molar-refractivity contribution in [3.8, 4) is 5.75 Å². The predicted octanol–water partition coefficient (Wildman–Crippen LogP) is 2.21. The first-order chi connectivity index (χ1) is 9.59. The van der Waals surface area contributed by atoms with E-state index < -0.39 is 10.0 Å². The highest BCUT2D eigenvalue weighted by Crippen LogP contribution is 2.27. The van der Waals surface area contributed by atoms with Gasteiger partial charge >= 0.3 is 0 Å². The molecule has 0 spiro atoms. The van der Waals surface area contributed by atoms with Crippen molar-refractivity contribution in [3.63, 3.8) is 0 Å². The van der Waals surface area contributed by atoms with Crippen molar-refractivity contribution in [2.75, 3.05) is 37.6 Å². The monoisotopic (exact) mass is 335 g/mol. The third-order valence-corrected chi connectivity index (χ3v) is 6.35. The normalized spacial score (nSPS) is 17.1. The van der Waals surface area contributed by atoms with Gasteiger partial charge in [0, 0.05) is 30.5 Å². The summed E-state index contributed by atoms with van der Waals surface area (Å²) in [5.41, 5.74) is 0.720. The standard InChI is InChI=1S/C13H18ClNO3S2/c1-18-12-2-3-13(11(10-12)4-5-14)20(16,17)15-6-8-19-9-7-15/h2-3,10H,4-9H2,1H3. The molecule has 0 atom stereocenters. The number of benzene rings is 1. The van der Waals surface area contributed by atoms with E-state index in [1.54, 1.807) is 41.4 Å². The Morgan fingerprint density at radius 3 is 2.65 bits per heavy atom. The molecule has 7 heteroatoms. The van der Waals surface area contributed by atoms with Crippen LogP contribution in [-0.4, -0.2) is 50.3 Å². The van der Waals surface area contributed by atoms with Gasteiger partial charge in [-0.2, -0.15) is 16.1 Å². The van der Waals surface area contributed by atoms with E-state index in [4.69, 9.17) is 16.3 Å². The van der Waals surface area contributed by atoms with Crippen LogP contribution in [0.25, 0.3) is 0 Å². The highest BCUT2D eigenvalue weighted by molar-refractivity contribution is 7.99. The van der Waals surface area contributed by atoms with Crippen molar-refractivity contribution in [3.05, 3.63) is 23.8 Å². The SMILES string of the molecule is COc1ccc(S(=O)(=O)N2CCSCC2)c(CCCl)c1. The number of hydrogen-bond donors (Lipinski definition) is 0. The van der Waals surface area contributed by atoms with Gasteiger partial charge in [0.2, 0.25) is 10.0 Å². The molecule has 1 aliphatic heterocycles. The van der Waals surface area contributed by atoms with Crippen LogP contribution in [0.3, 0.4) is 0 Å². The first-order valence-electron chi connectivity index (χ1n) is 6.40. The number of aryl methyl sites for hydroxylation is 1. The number of rotatable bonds is 5. The zero-order chi connectivity index (χ0) is 14.6. The highest BCUT2D eigenvalue weighted by atomic mass is 35.5. The summed E-state index contributed by atoms with van der Waals surface area (Å²) < 4.78 is 32.1. The molecule has 2 rings (SSSR count). The lowest BCUT2D eigenvalue weighted by atomic mass is 10.1. The number of alkyl halides is 1. The van der Waals surface area contributed by atoms with E-state index in [9.17, 15) is 8.42 Å². The van der Waals surface area contributed by atoms with Gasteiger partial charge in [-0.1, -0.05) is 0 Å². The van der Waals surface area contributed by atoms with Crippen molar-refractivity contribution in [2.24, 2.45) is 0 Å². The molecule has 1 aromatic rings. The minimum absolute atomic E-state index is 0.353. The van der Waals surface area contributed by atoms with Crippen LogP contribution in [0.2, 0.25) is 0 Å². The fraction of sp³-hybridized carbons (Fsp3) is 0.538. The van der Waals surface area contributed by atoms with Crippen molar-refractivity contribution < 1.29 is 13.2 Å². The largest absolute Gasteiger partial charge is 0.497 e. The van der Waals surface area contributed by atoms with Gasteiger partial charge in [0.05, 0.1) is 12.0 Å². The van der Waals surface area contributed by atoms with Crippen LogP contribution < -0.4 is 4.74 Å². The van der Waals surface area contributed by atoms with E-state index in [-0.39, 0.29) is 0 Å². The Hall–Kier alpha value is -0.430. The number of hydrogen-bond acceptors (Lipinski definition) is 4. The molecule has 4 nitrogen and oxygen atoms in total. The molecule has 1 saturated heterocycles. The Bertz CT molecular complexity index is 557. The van der Waals surface area contributed by atoms with Gasteiger partial charge in [0.1, 0.15) is 5.75 Å². The van der Waals surface area contributed by atoms with E-state index in [0.717, 1.165) is 17.1 Å². The number of nitrogens with zero attached hydrogens (tertiary/aromatic N) is 1. The maximum Gasteiger partial charge on any atom is 0.243 e. The number of thioether (sulfide) groups is 1. The second-order valence-corrected chi connectivity index (χ2v) is 7.94. The third-order valence-electron chi connectivity index (χ3n) is 3.22. The molecule has 1 aromatic carbocycles. The van der Waals surface area contributed by atoms with E-state index in [1.165, 1.54) is 0 Å². The van der Waals surface area contributed by atoms with Crippen LogP contribution in [0.15, 0.2) is 23.1 Å². The number of ether oxygens (including phenoxy) is 1. The lowest BCUT2D eigenvalue weighted by Crippen LogP contribution is -2.38. The molecule has 1 fully saturated rings. The average molecular weight is 336 g/mol. The molecule has 0 amide bonds. The molecular weight excluding hydrogens is 318 g/mol. The van der Waals surface area contributed by atoms with Crippen LogP contribution in [0, 0.1) is 0 Å². The van der Waals surface area contributed by atoms with Gasteiger partial charge in [-0.15, -0.1) is 11.6 Å². The van der Waals surface area contributed by atoms with Gasteiger partial charge in [0.15, 0.2) is 0 Å². The second kappa shape index (κ2) is 7.02. The van der Waals surface area contributed by atoms with E-state index in [1.807, 2.05) is 0 Å². The van der Waals surface area contributed by atoms with E-state index in [2.05, 4.69) is 0 Å². The van der Waals surface area contributed by atoms with Crippen molar-refractivity contribution >= 4 is 33.4 Å². The Balaban J connectivity index is 2.39. The molecule has 0 aromatic heterocycles. The van der Waals surface area contributed by atoms with Gasteiger partial charge in [-0.25, -0.2) is 8.42 Å². The Morgan fingerprint density at radius 1 is 1.35 bits per heavy atom. The van der Waals surface area contributed by atoms with Crippen molar-refractivity contribution in [1.29, 1.82) is 0 Å². The quantitative estimate of drug-likeness (QED) is 0.774. The zero-order valence-corrected chi connectivity index (χ0v) is 13.7. The maximum absolute atomic E-state index is 12.7. The summed E-state index contributed by atoms with van der Waals surface area (Å²) in [6, 6.07) is 5.06. The summed E-state index contributed by atoms with van der Waals surface area (Å²) in [5.74, 6) is 2.73.